The molecule has 2 fully saturated rings. The number of hydrogen-bond acceptors (Lipinski definition) is 6. The maximum absolute atomic E-state index is 12.8. The van der Waals surface area contributed by atoms with Crippen molar-refractivity contribution in [3.05, 3.63) is 38.5 Å². The van der Waals surface area contributed by atoms with Gasteiger partial charge in [0.2, 0.25) is 11.8 Å². The third kappa shape index (κ3) is 5.24. The molecule has 4 heterocycles. The summed E-state index contributed by atoms with van der Waals surface area (Å²) in [6.45, 7) is 6.21. The Balaban J connectivity index is 1.27. The average Bonchev–Trinajstić information content (AvgIpc) is 3.44. The van der Waals surface area contributed by atoms with Crippen LogP contribution < -0.4 is 5.32 Å². The first-order valence-corrected chi connectivity index (χ1v) is 12.1. The molecule has 2 aliphatic rings. The number of aromatic nitrogens is 1. The summed E-state index contributed by atoms with van der Waals surface area (Å²) in [6, 6.07) is 2.11. The minimum Gasteiger partial charge on any atom is -0.350 e. The second kappa shape index (κ2) is 8.93. The standard InChI is InChI=1S/C21H28N4O2S2/c1-16-22-18(15-29-16)13-24-7-9-25(10-8-24)20(27)3-6-21(5-2-19(26)23-21)12-17-4-11-28-14-17/h4,11,14-15H,2-3,5-10,12-13H2,1H3,(H,23,26). The largest absolute Gasteiger partial charge is 0.350 e. The van der Waals surface area contributed by atoms with E-state index in [0.29, 0.717) is 19.3 Å². The molecule has 0 saturated carbocycles. The highest BCUT2D eigenvalue weighted by Gasteiger charge is 2.38. The summed E-state index contributed by atoms with van der Waals surface area (Å²) in [5.41, 5.74) is 2.10. The van der Waals surface area contributed by atoms with Crippen LogP contribution in [0.25, 0.3) is 0 Å². The molecule has 2 aliphatic heterocycles. The average molecular weight is 433 g/mol. The van der Waals surface area contributed by atoms with Gasteiger partial charge in [-0.25, -0.2) is 4.98 Å². The van der Waals surface area contributed by atoms with E-state index in [1.807, 2.05) is 11.8 Å². The molecule has 0 radical (unpaired) electrons. The second-order valence-electron chi connectivity index (χ2n) is 8.15. The van der Waals surface area contributed by atoms with E-state index in [0.717, 1.165) is 56.3 Å². The van der Waals surface area contributed by atoms with Gasteiger partial charge < -0.3 is 10.2 Å². The number of thiophene rings is 1. The van der Waals surface area contributed by atoms with Crippen LogP contribution in [0, 0.1) is 6.92 Å². The summed E-state index contributed by atoms with van der Waals surface area (Å²) < 4.78 is 0. The van der Waals surface area contributed by atoms with Gasteiger partial charge in [-0.2, -0.15) is 11.3 Å². The molecule has 6 nitrogen and oxygen atoms in total. The summed E-state index contributed by atoms with van der Waals surface area (Å²) in [5.74, 6) is 0.318. The molecule has 156 valence electrons. The fraction of sp³-hybridized carbons (Fsp3) is 0.571. The molecule has 0 aliphatic carbocycles. The SMILES string of the molecule is Cc1nc(CN2CCN(C(=O)CCC3(Cc4ccsc4)CCC(=O)N3)CC2)cs1. The van der Waals surface area contributed by atoms with Crippen molar-refractivity contribution < 1.29 is 9.59 Å². The van der Waals surface area contributed by atoms with E-state index in [4.69, 9.17) is 0 Å². The van der Waals surface area contributed by atoms with E-state index in [1.165, 1.54) is 5.56 Å². The number of carbonyl (C=O) groups is 2. The minimum absolute atomic E-state index is 0.110. The highest BCUT2D eigenvalue weighted by atomic mass is 32.1. The van der Waals surface area contributed by atoms with Gasteiger partial charge in [-0.05, 0) is 48.6 Å². The van der Waals surface area contributed by atoms with Gasteiger partial charge in [-0.1, -0.05) is 0 Å². The summed E-state index contributed by atoms with van der Waals surface area (Å²) >= 11 is 3.36. The van der Waals surface area contributed by atoms with Crippen LogP contribution in [-0.2, 0) is 22.6 Å². The molecule has 8 heteroatoms. The van der Waals surface area contributed by atoms with Crippen molar-refractivity contribution in [2.24, 2.45) is 0 Å². The Morgan fingerprint density at radius 1 is 1.28 bits per heavy atom. The normalized spacial score (nSPS) is 22.8. The molecular weight excluding hydrogens is 404 g/mol. The van der Waals surface area contributed by atoms with E-state index >= 15 is 0 Å². The van der Waals surface area contributed by atoms with Crippen molar-refractivity contribution >= 4 is 34.5 Å². The molecule has 4 rings (SSSR count). The summed E-state index contributed by atoms with van der Waals surface area (Å²) in [6.07, 6.45) is 3.40. The van der Waals surface area contributed by atoms with Gasteiger partial charge >= 0.3 is 0 Å². The van der Waals surface area contributed by atoms with Gasteiger partial charge in [0.15, 0.2) is 0 Å². The lowest BCUT2D eigenvalue weighted by Crippen LogP contribution is -2.49. The van der Waals surface area contributed by atoms with Gasteiger partial charge in [0.25, 0.3) is 0 Å². The Hall–Kier alpha value is -1.77. The Morgan fingerprint density at radius 2 is 2.10 bits per heavy atom. The minimum atomic E-state index is -0.266. The van der Waals surface area contributed by atoms with Crippen molar-refractivity contribution in [3.8, 4) is 0 Å². The Kier molecular flexibility index (Phi) is 6.32. The van der Waals surface area contributed by atoms with Crippen molar-refractivity contribution in [2.75, 3.05) is 26.2 Å². The highest BCUT2D eigenvalue weighted by molar-refractivity contribution is 7.09. The summed E-state index contributed by atoms with van der Waals surface area (Å²) in [5, 5.41) is 10.6. The maximum Gasteiger partial charge on any atom is 0.222 e. The summed E-state index contributed by atoms with van der Waals surface area (Å²) in [7, 11) is 0. The van der Waals surface area contributed by atoms with Crippen LogP contribution in [0.4, 0.5) is 0 Å². The first-order valence-electron chi connectivity index (χ1n) is 10.2. The van der Waals surface area contributed by atoms with Crippen LogP contribution in [0.5, 0.6) is 0 Å². The predicted octanol–water partition coefficient (Wildman–Crippen LogP) is 2.83. The number of hydrogen-bond donors (Lipinski definition) is 1. The van der Waals surface area contributed by atoms with Crippen LogP contribution in [0.15, 0.2) is 22.2 Å². The Bertz CT molecular complexity index is 843. The number of thiazole rings is 1. The number of carbonyl (C=O) groups excluding carboxylic acids is 2. The van der Waals surface area contributed by atoms with Crippen LogP contribution in [0.1, 0.15) is 41.9 Å². The smallest absolute Gasteiger partial charge is 0.222 e. The molecule has 0 bridgehead atoms. The van der Waals surface area contributed by atoms with Crippen LogP contribution >= 0.6 is 22.7 Å². The number of rotatable bonds is 7. The Labute approximate surface area is 179 Å². The van der Waals surface area contributed by atoms with Gasteiger partial charge in [-0.3, -0.25) is 14.5 Å². The molecular formula is C21H28N4O2S2. The molecule has 2 aromatic heterocycles. The number of nitrogens with one attached hydrogen (secondary N) is 1. The van der Waals surface area contributed by atoms with Crippen LogP contribution in [0.2, 0.25) is 0 Å². The first kappa shape index (κ1) is 20.5. The van der Waals surface area contributed by atoms with E-state index in [9.17, 15) is 9.59 Å². The zero-order chi connectivity index (χ0) is 20.3. The quantitative estimate of drug-likeness (QED) is 0.731. The van der Waals surface area contributed by atoms with E-state index < -0.39 is 0 Å². The molecule has 2 aromatic rings. The topological polar surface area (TPSA) is 65.5 Å². The monoisotopic (exact) mass is 432 g/mol. The van der Waals surface area contributed by atoms with Crippen LogP contribution in [-0.4, -0.2) is 58.3 Å². The number of amides is 2. The number of piperazine rings is 1. The zero-order valence-corrected chi connectivity index (χ0v) is 18.5. The third-order valence-corrected chi connectivity index (χ3v) is 7.51. The fourth-order valence-corrected chi connectivity index (χ4v) is 5.61. The van der Waals surface area contributed by atoms with Crippen molar-refractivity contribution in [3.63, 3.8) is 0 Å². The molecule has 1 atom stereocenters. The molecule has 2 saturated heterocycles. The Morgan fingerprint density at radius 3 is 2.72 bits per heavy atom. The van der Waals surface area contributed by atoms with Crippen molar-refractivity contribution in [2.45, 2.75) is 51.1 Å². The van der Waals surface area contributed by atoms with Gasteiger partial charge in [0, 0.05) is 56.5 Å². The molecule has 1 unspecified atom stereocenters. The maximum atomic E-state index is 12.8. The lowest BCUT2D eigenvalue weighted by Gasteiger charge is -2.35. The molecule has 29 heavy (non-hydrogen) atoms. The van der Waals surface area contributed by atoms with Gasteiger partial charge in [0.1, 0.15) is 0 Å². The van der Waals surface area contributed by atoms with E-state index in [1.54, 1.807) is 22.7 Å². The summed E-state index contributed by atoms with van der Waals surface area (Å²) in [4.78, 5) is 33.6. The van der Waals surface area contributed by atoms with E-state index in [-0.39, 0.29) is 17.4 Å². The number of aryl methyl sites for hydroxylation is 1. The van der Waals surface area contributed by atoms with Gasteiger partial charge in [0.05, 0.1) is 10.7 Å². The second-order valence-corrected chi connectivity index (χ2v) is 9.99. The number of nitrogens with zero attached hydrogens (tertiary/aromatic N) is 3. The predicted molar refractivity (Wildman–Crippen MR) is 116 cm³/mol. The van der Waals surface area contributed by atoms with Crippen molar-refractivity contribution in [1.29, 1.82) is 0 Å². The van der Waals surface area contributed by atoms with Crippen molar-refractivity contribution in [1.82, 2.24) is 20.1 Å². The lowest BCUT2D eigenvalue weighted by atomic mass is 9.85. The lowest BCUT2D eigenvalue weighted by molar-refractivity contribution is -0.133. The highest BCUT2D eigenvalue weighted by Crippen LogP contribution is 2.30. The van der Waals surface area contributed by atoms with Crippen LogP contribution in [0.3, 0.4) is 0 Å². The molecule has 0 spiro atoms. The zero-order valence-electron chi connectivity index (χ0n) is 16.9. The third-order valence-electron chi connectivity index (χ3n) is 5.95. The first-order chi connectivity index (χ1) is 14.0. The molecule has 2 amide bonds. The fourth-order valence-electron chi connectivity index (χ4n) is 4.34. The van der Waals surface area contributed by atoms with E-state index in [2.05, 4.69) is 37.4 Å². The molecule has 1 N–H and O–H groups in total. The van der Waals surface area contributed by atoms with Gasteiger partial charge in [-0.15, -0.1) is 11.3 Å². The molecule has 0 aromatic carbocycles.